The van der Waals surface area contributed by atoms with Crippen LogP contribution in [0.4, 0.5) is 0 Å². The molecule has 0 aliphatic heterocycles. The average Bonchev–Trinajstić information content (AvgIpc) is 2.09. The Morgan fingerprint density at radius 1 is 1.05 bits per heavy atom. The molecule has 0 bridgehead atoms. The molecule has 0 saturated heterocycles. The van der Waals surface area contributed by atoms with Gasteiger partial charge in [-0.15, -0.1) is 0 Å². The van der Waals surface area contributed by atoms with Crippen molar-refractivity contribution in [1.82, 2.24) is 0 Å². The number of rotatable bonds is 5. The van der Waals surface area contributed by atoms with Gasteiger partial charge in [-0.05, 0) is 59.7 Å². The van der Waals surface area contributed by atoms with Crippen molar-refractivity contribution >= 4 is 25.0 Å². The van der Waals surface area contributed by atoms with Gasteiger partial charge in [0.1, 0.15) is 11.0 Å². The van der Waals surface area contributed by atoms with E-state index in [1.165, 1.54) is 0 Å². The van der Waals surface area contributed by atoms with Crippen molar-refractivity contribution in [3.8, 4) is 0 Å². The maximum atomic E-state index is 12.1. The molecule has 0 rings (SSSR count). The summed E-state index contributed by atoms with van der Waals surface area (Å²) in [5.41, 5.74) is 0.616. The normalized spacial score (nSPS) is 17.0. The van der Waals surface area contributed by atoms with Crippen LogP contribution in [0.5, 0.6) is 0 Å². The third-order valence-corrected chi connectivity index (χ3v) is 9.98. The molecule has 0 radical (unpaired) electrons. The summed E-state index contributed by atoms with van der Waals surface area (Å²) < 4.78 is 22.6. The van der Waals surface area contributed by atoms with Crippen molar-refractivity contribution in [2.75, 3.05) is 0 Å². The Morgan fingerprint density at radius 2 is 1.48 bits per heavy atom. The third-order valence-electron chi connectivity index (χ3n) is 3.78. The topological polar surface area (TPSA) is 38.7 Å². The van der Waals surface area contributed by atoms with E-state index in [2.05, 4.69) is 52.1 Å². The van der Waals surface area contributed by atoms with Crippen LogP contribution in [0, 0.1) is 0 Å². The summed E-state index contributed by atoms with van der Waals surface area (Å²) >= 11 is 0. The van der Waals surface area contributed by atoms with E-state index in [0.29, 0.717) is 6.42 Å². The minimum atomic E-state index is -1.81. The van der Waals surface area contributed by atoms with Crippen LogP contribution in [0.15, 0.2) is 4.40 Å². The molecule has 3 nitrogen and oxygen atoms in total. The number of nitrogens with zero attached hydrogens (tertiary/aromatic N) is 1. The van der Waals surface area contributed by atoms with Gasteiger partial charge in [-0.2, -0.15) is 4.40 Å². The molecular formula is C16H35NO2SSi. The predicted octanol–water partition coefficient (Wildman–Crippen LogP) is 5.10. The molecule has 0 saturated carbocycles. The van der Waals surface area contributed by atoms with Crippen LogP contribution < -0.4 is 0 Å². The monoisotopic (exact) mass is 333 g/mol. The van der Waals surface area contributed by atoms with Crippen LogP contribution in [0.25, 0.3) is 0 Å². The fourth-order valence-corrected chi connectivity index (χ4v) is 4.19. The van der Waals surface area contributed by atoms with E-state index in [1.807, 2.05) is 27.7 Å². The average molecular weight is 334 g/mol. The minimum Gasteiger partial charge on any atom is -0.412 e. The molecular weight excluding hydrogens is 298 g/mol. The number of hydrogen-bond donors (Lipinski definition) is 0. The van der Waals surface area contributed by atoms with Crippen LogP contribution in [-0.2, 0) is 15.4 Å². The van der Waals surface area contributed by atoms with E-state index < -0.39 is 19.3 Å². The van der Waals surface area contributed by atoms with Crippen LogP contribution in [0.1, 0.15) is 68.7 Å². The highest BCUT2D eigenvalue weighted by Gasteiger charge is 2.41. The Kier molecular flexibility index (Phi) is 6.63. The molecule has 0 spiro atoms. The fourth-order valence-electron chi connectivity index (χ4n) is 1.81. The molecule has 0 aromatic carbocycles. The summed E-state index contributed by atoms with van der Waals surface area (Å²) in [4.78, 5) is 0. The zero-order chi connectivity index (χ0) is 17.3. The lowest BCUT2D eigenvalue weighted by molar-refractivity contribution is 0.0993. The lowest BCUT2D eigenvalue weighted by Crippen LogP contribution is -2.48. The van der Waals surface area contributed by atoms with Gasteiger partial charge in [-0.3, -0.25) is 0 Å². The molecule has 0 aromatic rings. The largest absolute Gasteiger partial charge is 0.412 e. The molecule has 0 aromatic heterocycles. The zero-order valence-electron chi connectivity index (χ0n) is 15.9. The van der Waals surface area contributed by atoms with Gasteiger partial charge in [0.05, 0.1) is 10.3 Å². The van der Waals surface area contributed by atoms with Gasteiger partial charge in [0.2, 0.25) is 0 Å². The van der Waals surface area contributed by atoms with Crippen LogP contribution in [0.2, 0.25) is 18.1 Å². The molecule has 21 heavy (non-hydrogen) atoms. The fraction of sp³-hybridized carbons (Fsp3) is 0.938. The molecule has 126 valence electrons. The Hall–Kier alpha value is -0.00312. The van der Waals surface area contributed by atoms with Gasteiger partial charge in [-0.1, -0.05) is 20.8 Å². The van der Waals surface area contributed by atoms with Gasteiger partial charge in [0.15, 0.2) is 8.32 Å². The maximum absolute atomic E-state index is 12.1. The highest BCUT2D eigenvalue weighted by Crippen LogP contribution is 2.39. The predicted molar refractivity (Wildman–Crippen MR) is 98.0 cm³/mol. The molecule has 1 atom stereocenters. The van der Waals surface area contributed by atoms with Crippen molar-refractivity contribution in [2.45, 2.75) is 97.2 Å². The summed E-state index contributed by atoms with van der Waals surface area (Å²) in [7, 11) is -3.01. The smallest absolute Gasteiger partial charge is 0.192 e. The standard InChI is InChI=1S/C16H35NO2SSi/c1-13(17-20(18)14(2,3)4)12-16(8,9)19-21(10,11)15(5,6)7/h12H2,1-11H3. The van der Waals surface area contributed by atoms with Gasteiger partial charge >= 0.3 is 0 Å². The molecule has 0 fully saturated rings. The lowest BCUT2D eigenvalue weighted by atomic mass is 10.0. The first-order chi connectivity index (χ1) is 8.98. The first kappa shape index (κ1) is 21.0. The molecule has 0 N–H and O–H groups in total. The lowest BCUT2D eigenvalue weighted by Gasteiger charge is -2.42. The van der Waals surface area contributed by atoms with Crippen LogP contribution in [-0.4, -0.2) is 28.6 Å². The van der Waals surface area contributed by atoms with E-state index in [0.717, 1.165) is 5.71 Å². The molecule has 0 aliphatic rings. The first-order valence-electron chi connectivity index (χ1n) is 7.64. The minimum absolute atomic E-state index is 0.184. The van der Waals surface area contributed by atoms with Crippen molar-refractivity contribution < 1.29 is 8.63 Å². The van der Waals surface area contributed by atoms with E-state index in [-0.39, 0.29) is 15.4 Å². The quantitative estimate of drug-likeness (QED) is 0.518. The summed E-state index contributed by atoms with van der Waals surface area (Å²) in [5.74, 6) is 0. The van der Waals surface area contributed by atoms with Crippen LogP contribution in [0.3, 0.4) is 0 Å². The Balaban J connectivity index is 4.99. The van der Waals surface area contributed by atoms with E-state index in [9.17, 15) is 4.21 Å². The van der Waals surface area contributed by atoms with Gasteiger partial charge in [-0.25, -0.2) is 4.21 Å². The van der Waals surface area contributed by atoms with Gasteiger partial charge < -0.3 is 4.43 Å². The van der Waals surface area contributed by atoms with E-state index in [4.69, 9.17) is 4.43 Å². The van der Waals surface area contributed by atoms with Crippen molar-refractivity contribution in [2.24, 2.45) is 4.40 Å². The molecule has 0 aliphatic carbocycles. The van der Waals surface area contributed by atoms with Crippen LogP contribution >= 0.6 is 0 Å². The summed E-state index contributed by atoms with van der Waals surface area (Å²) in [6.07, 6.45) is 0.710. The molecule has 0 amide bonds. The summed E-state index contributed by atoms with van der Waals surface area (Å²) in [5, 5.41) is 0.184. The molecule has 1 unspecified atom stereocenters. The van der Waals surface area contributed by atoms with E-state index >= 15 is 0 Å². The zero-order valence-corrected chi connectivity index (χ0v) is 17.7. The molecule has 0 heterocycles. The highest BCUT2D eigenvalue weighted by molar-refractivity contribution is 7.85. The Bertz CT molecular complexity index is 415. The third kappa shape index (κ3) is 7.20. The summed E-state index contributed by atoms with van der Waals surface area (Å²) in [6, 6.07) is 0. The van der Waals surface area contributed by atoms with E-state index in [1.54, 1.807) is 0 Å². The Morgan fingerprint density at radius 3 is 1.81 bits per heavy atom. The first-order valence-corrected chi connectivity index (χ1v) is 11.7. The Labute approximate surface area is 135 Å². The highest BCUT2D eigenvalue weighted by atomic mass is 32.2. The number of hydrogen-bond acceptors (Lipinski definition) is 2. The van der Waals surface area contributed by atoms with Gasteiger partial charge in [0, 0.05) is 12.1 Å². The van der Waals surface area contributed by atoms with Crippen molar-refractivity contribution in [1.29, 1.82) is 0 Å². The second-order valence-electron chi connectivity index (χ2n) is 8.99. The van der Waals surface area contributed by atoms with Gasteiger partial charge in [0.25, 0.3) is 0 Å². The molecule has 5 heteroatoms. The van der Waals surface area contributed by atoms with Crippen molar-refractivity contribution in [3.05, 3.63) is 0 Å². The van der Waals surface area contributed by atoms with Crippen molar-refractivity contribution in [3.63, 3.8) is 0 Å². The maximum Gasteiger partial charge on any atom is 0.192 e. The second-order valence-corrected chi connectivity index (χ2v) is 15.6. The SMILES string of the molecule is CC(CC(C)(C)O[Si](C)(C)C(C)(C)C)=NS(=O)C(C)(C)C. The summed E-state index contributed by atoms with van der Waals surface area (Å²) in [6.45, 7) is 23.2. The second kappa shape index (κ2) is 6.63.